The Morgan fingerprint density at radius 1 is 1.80 bits per heavy atom. The number of amides is 1. The number of carbonyl (C=O) groups excluding carboxylic acids is 1. The van der Waals surface area contributed by atoms with Gasteiger partial charge in [0.15, 0.2) is 0 Å². The van der Waals surface area contributed by atoms with Gasteiger partial charge in [-0.25, -0.2) is 0 Å². The first-order chi connectivity index (χ1) is 2.41. The predicted octanol–water partition coefficient (Wildman–Crippen LogP) is -0.105. The van der Waals surface area contributed by atoms with E-state index in [1.54, 1.807) is 0 Å². The predicted molar refractivity (Wildman–Crippen MR) is 12.3 cm³/mol. The van der Waals surface area contributed by atoms with Gasteiger partial charge in [0.2, 0.25) is 0 Å². The van der Waals surface area contributed by atoms with Crippen LogP contribution in [0.5, 0.6) is 0 Å². The first kappa shape index (κ1) is 4.07. The molecule has 4 nitrogen and oxygen atoms in total. The van der Waals surface area contributed by atoms with E-state index in [9.17, 15) is 0 Å². The van der Waals surface area contributed by atoms with Crippen molar-refractivity contribution in [1.29, 1.82) is 0 Å². The lowest BCUT2D eigenvalue weighted by molar-refractivity contribution is 0.289. The third-order valence-electron chi connectivity index (χ3n) is 0.0855. The van der Waals surface area contributed by atoms with E-state index in [0.717, 1.165) is 6.41 Å². The maximum Gasteiger partial charge on any atom is 0.360 e. The third kappa shape index (κ3) is 3.07. The standard InChI is InChI=1S/CHN2O2/c4-1-2-3-5/h(H,2,4,5). The summed E-state index contributed by atoms with van der Waals surface area (Å²) in [5.41, 5.74) is 0. The zero-order valence-corrected chi connectivity index (χ0v) is 2.25. The van der Waals surface area contributed by atoms with E-state index < -0.39 is 0 Å². The third-order valence-corrected chi connectivity index (χ3v) is 0.0855. The first-order valence-electron chi connectivity index (χ1n) is 0.828. The average Bonchev–Trinajstić information content (AvgIpc) is 1.41. The molecule has 4 heteroatoms. The highest BCUT2D eigenvalue weighted by molar-refractivity contribution is 5.46. The average molecular weight is 73.0 g/mol. The number of hydrogen-bond acceptors (Lipinski definition) is 2. The van der Waals surface area contributed by atoms with Gasteiger partial charge in [-0.2, -0.15) is 0 Å². The summed E-state index contributed by atoms with van der Waals surface area (Å²) in [5, 5.41) is 11.7. The van der Waals surface area contributed by atoms with Crippen LogP contribution in [0.15, 0.2) is 10.4 Å². The molecule has 0 saturated carbocycles. The molecule has 0 aliphatic carbocycles. The lowest BCUT2D eigenvalue weighted by Gasteiger charge is -1.51. The number of nitrogens with zero attached hydrogens (tertiary/aromatic N) is 2. The molecule has 0 aromatic rings. The van der Waals surface area contributed by atoms with Crippen LogP contribution in [0.4, 0.5) is 0 Å². The summed E-state index contributed by atoms with van der Waals surface area (Å²) in [6.07, 6.45) is 0.976. The topological polar surface area (TPSA) is 62.0 Å². The Balaban J connectivity index is 2.92. The Morgan fingerprint density at radius 2 is 2.40 bits per heavy atom. The molecule has 5 heavy (non-hydrogen) atoms. The smallest absolute Gasteiger partial charge is 0.360 e. The molecular weight excluding hydrogens is 72.0 g/mol. The van der Waals surface area contributed by atoms with Crippen LogP contribution in [0.25, 0.3) is 0 Å². The molecule has 1 amide bonds. The van der Waals surface area contributed by atoms with Crippen molar-refractivity contribution in [2.75, 3.05) is 0 Å². The van der Waals surface area contributed by atoms with E-state index >= 15 is 0 Å². The van der Waals surface area contributed by atoms with Gasteiger partial charge in [-0.05, 0) is 0 Å². The molecular formula is CHN2O2. The van der Waals surface area contributed by atoms with E-state index in [1.165, 1.54) is 0 Å². The summed E-state index contributed by atoms with van der Waals surface area (Å²) >= 11 is 0. The van der Waals surface area contributed by atoms with Crippen LogP contribution in [-0.2, 0) is 4.79 Å². The molecule has 0 bridgehead atoms. The first-order valence-corrected chi connectivity index (χ1v) is 0.828. The Labute approximate surface area is 28.1 Å². The molecule has 0 aliphatic rings. The minimum atomic E-state index is 0.976. The summed E-state index contributed by atoms with van der Waals surface area (Å²) in [7, 11) is 0. The maximum absolute atomic E-state index is 8.86. The van der Waals surface area contributed by atoms with Crippen molar-refractivity contribution < 1.29 is 10.0 Å². The highest BCUT2D eigenvalue weighted by atomic mass is 16.5. The van der Waals surface area contributed by atoms with Crippen molar-refractivity contribution >= 4 is 6.41 Å². The van der Waals surface area contributed by atoms with Crippen molar-refractivity contribution in [1.82, 2.24) is 0 Å². The minimum absolute atomic E-state index is 0.976. The molecule has 0 rings (SSSR count). The van der Waals surface area contributed by atoms with Gasteiger partial charge in [0.25, 0.3) is 0 Å². The minimum Gasteiger partial charge on any atom is -0.394 e. The van der Waals surface area contributed by atoms with Gasteiger partial charge in [-0.1, -0.05) is 5.11 Å². The Bertz CT molecular complexity index is 49.6. The summed E-state index contributed by atoms with van der Waals surface area (Å²) in [5.74, 6) is 0. The van der Waals surface area contributed by atoms with Crippen molar-refractivity contribution in [3.63, 3.8) is 0 Å². The van der Waals surface area contributed by atoms with E-state index in [0.29, 0.717) is 0 Å². The van der Waals surface area contributed by atoms with Gasteiger partial charge in [-0.15, -0.1) is 0 Å². The largest absolute Gasteiger partial charge is 0.394 e. The summed E-state index contributed by atoms with van der Waals surface area (Å²) in [4.78, 5) is 8.86. The maximum atomic E-state index is 8.86. The molecule has 0 aromatic carbocycles. The Morgan fingerprint density at radius 3 is 2.40 bits per heavy atom. The fraction of sp³-hybridized carbons (Fsp3) is 0. The fourth-order valence-corrected chi connectivity index (χ4v) is 0.0183. The highest BCUT2D eigenvalue weighted by Gasteiger charge is 1.54. The van der Waals surface area contributed by atoms with Crippen molar-refractivity contribution in [3.8, 4) is 0 Å². The van der Waals surface area contributed by atoms with E-state index in [2.05, 4.69) is 10.4 Å². The zero-order valence-electron chi connectivity index (χ0n) is 2.25. The molecule has 0 unspecified atom stereocenters. The summed E-state index contributed by atoms with van der Waals surface area (Å²) in [6.45, 7) is 0. The van der Waals surface area contributed by atoms with Gasteiger partial charge in [0.1, 0.15) is 0 Å². The van der Waals surface area contributed by atoms with Crippen molar-refractivity contribution in [2.24, 2.45) is 10.4 Å². The molecule has 0 aliphatic heterocycles. The molecule has 0 heterocycles. The number of rotatable bonds is 1. The van der Waals surface area contributed by atoms with E-state index in [4.69, 9.17) is 10.0 Å². The van der Waals surface area contributed by atoms with Gasteiger partial charge in [0, 0.05) is 5.28 Å². The second-order valence-electron chi connectivity index (χ2n) is 0.281. The van der Waals surface area contributed by atoms with E-state index in [1.807, 2.05) is 0 Å². The zero-order chi connectivity index (χ0) is 4.12. The Kier molecular flexibility index (Phi) is 2.50. The molecule has 0 saturated heterocycles. The van der Waals surface area contributed by atoms with E-state index in [-0.39, 0.29) is 0 Å². The van der Waals surface area contributed by atoms with Crippen LogP contribution >= 0.6 is 0 Å². The van der Waals surface area contributed by atoms with Crippen LogP contribution in [0, 0.1) is 0 Å². The molecule has 0 fully saturated rings. The molecule has 0 atom stereocenters. The van der Waals surface area contributed by atoms with Crippen molar-refractivity contribution in [3.05, 3.63) is 0 Å². The molecule has 1 radical (unpaired) electrons. The van der Waals surface area contributed by atoms with Crippen LogP contribution in [-0.4, -0.2) is 11.6 Å². The fourth-order valence-electron chi connectivity index (χ4n) is 0.0183. The summed E-state index contributed by atoms with van der Waals surface area (Å²) < 4.78 is 0. The SMILES string of the molecule is O=[C]N=NO. The molecule has 1 N–H and O–H groups in total. The second kappa shape index (κ2) is 3.07. The van der Waals surface area contributed by atoms with Gasteiger partial charge in [-0.3, -0.25) is 4.79 Å². The van der Waals surface area contributed by atoms with Gasteiger partial charge >= 0.3 is 6.41 Å². The van der Waals surface area contributed by atoms with Crippen LogP contribution in [0.2, 0.25) is 0 Å². The van der Waals surface area contributed by atoms with Gasteiger partial charge < -0.3 is 5.21 Å². The normalized spacial score (nSPS) is 8.80. The highest BCUT2D eigenvalue weighted by Crippen LogP contribution is 1.51. The molecule has 0 spiro atoms. The molecule has 27 valence electrons. The Hall–Kier alpha value is -0.930. The van der Waals surface area contributed by atoms with Crippen LogP contribution in [0.1, 0.15) is 0 Å². The second-order valence-corrected chi connectivity index (χ2v) is 0.281. The quantitative estimate of drug-likeness (QED) is 0.348. The summed E-state index contributed by atoms with van der Waals surface area (Å²) in [6, 6.07) is 0. The lowest BCUT2D eigenvalue weighted by Crippen LogP contribution is -1.52. The lowest BCUT2D eigenvalue weighted by atomic mass is 11.5. The van der Waals surface area contributed by atoms with Gasteiger partial charge in [0.05, 0.1) is 0 Å². The van der Waals surface area contributed by atoms with Crippen LogP contribution in [0.3, 0.4) is 0 Å². The van der Waals surface area contributed by atoms with Crippen LogP contribution < -0.4 is 0 Å². The monoisotopic (exact) mass is 73.0 g/mol. The number of hydrogen-bond donors (Lipinski definition) is 1. The van der Waals surface area contributed by atoms with Crippen molar-refractivity contribution in [2.45, 2.75) is 0 Å². The molecule has 0 aromatic heterocycles.